The molecule has 1 heterocycles. The van der Waals surface area contributed by atoms with E-state index in [2.05, 4.69) is 17.3 Å². The SMILES string of the molecule is CCCCCCCCNC(=O)Cn1cc(N)cn1. The van der Waals surface area contributed by atoms with Gasteiger partial charge in [0.1, 0.15) is 6.54 Å². The molecule has 1 amide bonds. The average Bonchev–Trinajstić information content (AvgIpc) is 2.73. The van der Waals surface area contributed by atoms with E-state index in [4.69, 9.17) is 5.73 Å². The zero-order chi connectivity index (χ0) is 13.2. The first-order chi connectivity index (χ1) is 8.72. The van der Waals surface area contributed by atoms with Crippen LogP contribution in [0.4, 0.5) is 5.69 Å². The molecule has 0 fully saturated rings. The molecule has 0 atom stereocenters. The third kappa shape index (κ3) is 6.27. The fourth-order valence-corrected chi connectivity index (χ4v) is 1.80. The number of nitrogen functional groups attached to an aromatic ring is 1. The first-order valence-electron chi connectivity index (χ1n) is 6.77. The lowest BCUT2D eigenvalue weighted by Crippen LogP contribution is -2.28. The molecule has 5 heteroatoms. The number of nitrogens with two attached hydrogens (primary N) is 1. The summed E-state index contributed by atoms with van der Waals surface area (Å²) >= 11 is 0. The van der Waals surface area contributed by atoms with Crippen LogP contribution < -0.4 is 11.1 Å². The van der Waals surface area contributed by atoms with Crippen LogP contribution in [0, 0.1) is 0 Å². The number of amides is 1. The van der Waals surface area contributed by atoms with Crippen LogP contribution in [0.15, 0.2) is 12.4 Å². The van der Waals surface area contributed by atoms with E-state index in [1.807, 2.05) is 0 Å². The second kappa shape index (κ2) is 8.55. The lowest BCUT2D eigenvalue weighted by molar-refractivity contribution is -0.121. The highest BCUT2D eigenvalue weighted by Crippen LogP contribution is 2.04. The number of carbonyl (C=O) groups is 1. The number of hydrogen-bond donors (Lipinski definition) is 2. The van der Waals surface area contributed by atoms with Crippen molar-refractivity contribution in [1.82, 2.24) is 15.1 Å². The zero-order valence-corrected chi connectivity index (χ0v) is 11.2. The molecular weight excluding hydrogens is 228 g/mol. The Morgan fingerprint density at radius 2 is 2.06 bits per heavy atom. The lowest BCUT2D eigenvalue weighted by atomic mass is 10.1. The maximum absolute atomic E-state index is 11.5. The van der Waals surface area contributed by atoms with Crippen LogP contribution in [0.3, 0.4) is 0 Å². The van der Waals surface area contributed by atoms with Gasteiger partial charge in [-0.1, -0.05) is 39.0 Å². The number of unbranched alkanes of at least 4 members (excludes halogenated alkanes) is 5. The predicted octanol–water partition coefficient (Wildman–Crippen LogP) is 1.94. The lowest BCUT2D eigenvalue weighted by Gasteiger charge is -2.05. The molecule has 1 aromatic rings. The molecule has 0 unspecified atom stereocenters. The van der Waals surface area contributed by atoms with Crippen molar-refractivity contribution in [1.29, 1.82) is 0 Å². The fourth-order valence-electron chi connectivity index (χ4n) is 1.80. The predicted molar refractivity (Wildman–Crippen MR) is 73.0 cm³/mol. The van der Waals surface area contributed by atoms with Gasteiger partial charge in [-0.2, -0.15) is 5.10 Å². The van der Waals surface area contributed by atoms with Gasteiger partial charge in [0, 0.05) is 12.7 Å². The summed E-state index contributed by atoms with van der Waals surface area (Å²) in [6, 6.07) is 0. The van der Waals surface area contributed by atoms with Gasteiger partial charge in [0.05, 0.1) is 11.9 Å². The van der Waals surface area contributed by atoms with Gasteiger partial charge < -0.3 is 11.1 Å². The number of carbonyl (C=O) groups excluding carboxylic acids is 1. The Labute approximate surface area is 109 Å². The maximum Gasteiger partial charge on any atom is 0.241 e. The van der Waals surface area contributed by atoms with Crippen molar-refractivity contribution in [2.45, 2.75) is 52.0 Å². The van der Waals surface area contributed by atoms with E-state index in [1.165, 1.54) is 32.1 Å². The highest BCUT2D eigenvalue weighted by Gasteiger charge is 2.02. The summed E-state index contributed by atoms with van der Waals surface area (Å²) in [5.74, 6) is -0.00772. The molecule has 18 heavy (non-hydrogen) atoms. The number of nitrogens with zero attached hydrogens (tertiary/aromatic N) is 2. The van der Waals surface area contributed by atoms with Gasteiger partial charge in [0.2, 0.25) is 5.91 Å². The van der Waals surface area contributed by atoms with E-state index in [-0.39, 0.29) is 12.5 Å². The third-order valence-electron chi connectivity index (χ3n) is 2.81. The number of nitrogens with one attached hydrogen (secondary N) is 1. The van der Waals surface area contributed by atoms with Crippen LogP contribution in [-0.2, 0) is 11.3 Å². The Balaban J connectivity index is 2.00. The summed E-state index contributed by atoms with van der Waals surface area (Å²) in [5.41, 5.74) is 6.10. The molecule has 3 N–H and O–H groups in total. The minimum Gasteiger partial charge on any atom is -0.396 e. The van der Waals surface area contributed by atoms with Gasteiger partial charge in [-0.3, -0.25) is 9.48 Å². The highest BCUT2D eigenvalue weighted by molar-refractivity contribution is 5.75. The zero-order valence-electron chi connectivity index (χ0n) is 11.2. The normalized spacial score (nSPS) is 10.5. The molecule has 0 aliphatic rings. The van der Waals surface area contributed by atoms with Crippen LogP contribution >= 0.6 is 0 Å². The van der Waals surface area contributed by atoms with E-state index < -0.39 is 0 Å². The van der Waals surface area contributed by atoms with Crippen molar-refractivity contribution in [3.05, 3.63) is 12.4 Å². The molecule has 0 radical (unpaired) electrons. The molecule has 1 rings (SSSR count). The molecule has 102 valence electrons. The molecule has 1 aromatic heterocycles. The topological polar surface area (TPSA) is 72.9 Å². The van der Waals surface area contributed by atoms with Crippen molar-refractivity contribution in [3.63, 3.8) is 0 Å². The first-order valence-corrected chi connectivity index (χ1v) is 6.77. The van der Waals surface area contributed by atoms with E-state index >= 15 is 0 Å². The van der Waals surface area contributed by atoms with Gasteiger partial charge in [0.25, 0.3) is 0 Å². The molecule has 0 aromatic carbocycles. The Hall–Kier alpha value is -1.52. The summed E-state index contributed by atoms with van der Waals surface area (Å²) in [6.45, 7) is 3.21. The minimum absolute atomic E-state index is 0.00772. The first kappa shape index (κ1) is 14.5. The quantitative estimate of drug-likeness (QED) is 0.660. The number of anilines is 1. The molecule has 0 spiro atoms. The molecule has 0 saturated carbocycles. The van der Waals surface area contributed by atoms with Crippen LogP contribution in [-0.4, -0.2) is 22.2 Å². The summed E-state index contributed by atoms with van der Waals surface area (Å²) in [5, 5.41) is 6.86. The molecule has 0 bridgehead atoms. The number of aromatic nitrogens is 2. The van der Waals surface area contributed by atoms with E-state index in [0.717, 1.165) is 13.0 Å². The largest absolute Gasteiger partial charge is 0.396 e. The molecule has 0 aliphatic heterocycles. The highest BCUT2D eigenvalue weighted by atomic mass is 16.2. The summed E-state index contributed by atoms with van der Waals surface area (Å²) in [4.78, 5) is 11.5. The number of hydrogen-bond acceptors (Lipinski definition) is 3. The van der Waals surface area contributed by atoms with Gasteiger partial charge in [-0.05, 0) is 6.42 Å². The van der Waals surface area contributed by atoms with Gasteiger partial charge >= 0.3 is 0 Å². The molecular formula is C13H24N4O. The van der Waals surface area contributed by atoms with Crippen molar-refractivity contribution in [2.24, 2.45) is 0 Å². The molecule has 0 aliphatic carbocycles. The molecule has 0 saturated heterocycles. The van der Waals surface area contributed by atoms with Gasteiger partial charge in [-0.25, -0.2) is 0 Å². The van der Waals surface area contributed by atoms with Gasteiger partial charge in [-0.15, -0.1) is 0 Å². The third-order valence-corrected chi connectivity index (χ3v) is 2.81. The van der Waals surface area contributed by atoms with E-state index in [9.17, 15) is 4.79 Å². The number of rotatable bonds is 9. The summed E-state index contributed by atoms with van der Waals surface area (Å²) in [7, 11) is 0. The Morgan fingerprint density at radius 1 is 1.33 bits per heavy atom. The maximum atomic E-state index is 11.5. The van der Waals surface area contributed by atoms with Crippen molar-refractivity contribution in [2.75, 3.05) is 12.3 Å². The fraction of sp³-hybridized carbons (Fsp3) is 0.692. The Morgan fingerprint density at radius 3 is 2.72 bits per heavy atom. The van der Waals surface area contributed by atoms with Crippen molar-refractivity contribution < 1.29 is 4.79 Å². The van der Waals surface area contributed by atoms with E-state index in [0.29, 0.717) is 5.69 Å². The van der Waals surface area contributed by atoms with Gasteiger partial charge in [0.15, 0.2) is 0 Å². The Bertz CT molecular complexity index is 349. The monoisotopic (exact) mass is 252 g/mol. The van der Waals surface area contributed by atoms with Crippen LogP contribution in [0.25, 0.3) is 0 Å². The van der Waals surface area contributed by atoms with Crippen LogP contribution in [0.1, 0.15) is 45.4 Å². The van der Waals surface area contributed by atoms with Crippen molar-refractivity contribution >= 4 is 11.6 Å². The second-order valence-corrected chi connectivity index (χ2v) is 4.59. The van der Waals surface area contributed by atoms with Crippen LogP contribution in [0.2, 0.25) is 0 Å². The van der Waals surface area contributed by atoms with E-state index in [1.54, 1.807) is 17.1 Å². The Kier molecular flexibility index (Phi) is 6.91. The summed E-state index contributed by atoms with van der Waals surface area (Å²) in [6.07, 6.45) is 10.6. The van der Waals surface area contributed by atoms with Crippen LogP contribution in [0.5, 0.6) is 0 Å². The summed E-state index contributed by atoms with van der Waals surface area (Å²) < 4.78 is 1.55. The smallest absolute Gasteiger partial charge is 0.241 e. The standard InChI is InChI=1S/C13H24N4O/c1-2-3-4-5-6-7-8-15-13(18)11-17-10-12(14)9-16-17/h9-10H,2-8,11,14H2,1H3,(H,15,18). The second-order valence-electron chi connectivity index (χ2n) is 4.59. The average molecular weight is 252 g/mol. The minimum atomic E-state index is -0.00772. The van der Waals surface area contributed by atoms with Crippen molar-refractivity contribution in [3.8, 4) is 0 Å². The molecule has 5 nitrogen and oxygen atoms in total.